The molecular formula is C24H39N2O3P-2. The van der Waals surface area contributed by atoms with Crippen LogP contribution in [0.3, 0.4) is 0 Å². The molecule has 2 fully saturated rings. The molecule has 3 rings (SSSR count). The second-order valence-electron chi connectivity index (χ2n) is 12.1. The van der Waals surface area contributed by atoms with E-state index < -0.39 is 8.60 Å². The summed E-state index contributed by atoms with van der Waals surface area (Å²) in [6.45, 7) is 17.9. The molecule has 0 amide bonds. The van der Waals surface area contributed by atoms with Crippen LogP contribution in [0.5, 0.6) is 5.75 Å². The van der Waals surface area contributed by atoms with Crippen molar-refractivity contribution in [3.63, 3.8) is 0 Å². The lowest BCUT2D eigenvalue weighted by atomic mass is 9.67. The van der Waals surface area contributed by atoms with Crippen LogP contribution in [-0.4, -0.2) is 22.2 Å². The third-order valence-corrected chi connectivity index (χ3v) is 6.85. The number of benzene rings is 1. The first-order valence-corrected chi connectivity index (χ1v) is 12.2. The van der Waals surface area contributed by atoms with Gasteiger partial charge in [-0.2, -0.15) is 0 Å². The fourth-order valence-corrected chi connectivity index (χ4v) is 6.90. The smallest absolute Gasteiger partial charge is 0.123 e. The zero-order valence-electron chi connectivity index (χ0n) is 19.9. The Morgan fingerprint density at radius 3 is 1.63 bits per heavy atom. The Hall–Kier alpha value is -0.710. The lowest BCUT2D eigenvalue weighted by Crippen LogP contribution is -2.58. The Labute approximate surface area is 184 Å². The summed E-state index contributed by atoms with van der Waals surface area (Å²) in [6, 6.07) is 5.97. The number of piperidine rings is 2. The van der Waals surface area contributed by atoms with Gasteiger partial charge in [-0.25, -0.2) is 0 Å². The van der Waals surface area contributed by atoms with Gasteiger partial charge in [-0.1, -0.05) is 20.7 Å². The highest BCUT2D eigenvalue weighted by Gasteiger charge is 2.43. The quantitative estimate of drug-likeness (QED) is 0.699. The highest BCUT2D eigenvalue weighted by Crippen LogP contribution is 2.49. The first-order chi connectivity index (χ1) is 13.6. The molecule has 0 atom stereocenters. The Kier molecular flexibility index (Phi) is 6.39. The predicted molar refractivity (Wildman–Crippen MR) is 121 cm³/mol. The molecular weight excluding hydrogens is 395 g/mol. The van der Waals surface area contributed by atoms with E-state index in [4.69, 9.17) is 4.52 Å². The fourth-order valence-electron chi connectivity index (χ4n) is 6.58. The molecule has 0 radical (unpaired) electrons. The summed E-state index contributed by atoms with van der Waals surface area (Å²) < 4.78 is 5.39. The van der Waals surface area contributed by atoms with E-state index in [1.54, 1.807) is 0 Å². The number of hydrogen-bond acceptors (Lipinski definition) is 5. The molecule has 0 saturated carbocycles. The third-order valence-electron chi connectivity index (χ3n) is 6.50. The zero-order chi connectivity index (χ0) is 22.5. The highest BCUT2D eigenvalue weighted by molar-refractivity contribution is 7.36. The second-order valence-corrected chi connectivity index (χ2v) is 12.7. The van der Waals surface area contributed by atoms with Gasteiger partial charge in [0, 0.05) is 27.7 Å². The molecule has 0 aromatic heterocycles. The topological polar surface area (TPSA) is 79.4 Å². The summed E-state index contributed by atoms with van der Waals surface area (Å²) >= 11 is 0. The van der Waals surface area contributed by atoms with Gasteiger partial charge >= 0.3 is 0 Å². The molecule has 170 valence electrons. The van der Waals surface area contributed by atoms with Gasteiger partial charge in [0.1, 0.15) is 5.75 Å². The van der Waals surface area contributed by atoms with Crippen LogP contribution in [0.25, 0.3) is 0 Å². The molecule has 1 aromatic carbocycles. The summed E-state index contributed by atoms with van der Waals surface area (Å²) in [5.41, 5.74) is 2.29. The highest BCUT2D eigenvalue weighted by atomic mass is 31.2. The fraction of sp³-hybridized carbons (Fsp3) is 0.750. The van der Waals surface area contributed by atoms with Gasteiger partial charge in [0.15, 0.2) is 0 Å². The maximum absolute atomic E-state index is 11.5. The average Bonchev–Trinajstić information content (AvgIpc) is 2.47. The molecule has 30 heavy (non-hydrogen) atoms. The molecule has 2 heterocycles. The van der Waals surface area contributed by atoms with Crippen molar-refractivity contribution in [3.05, 3.63) is 29.3 Å². The maximum Gasteiger partial charge on any atom is 0.123 e. The van der Waals surface area contributed by atoms with Crippen molar-refractivity contribution < 1.29 is 14.3 Å². The van der Waals surface area contributed by atoms with Crippen LogP contribution in [0.2, 0.25) is 0 Å². The Bertz CT molecular complexity index is 742. The summed E-state index contributed by atoms with van der Waals surface area (Å²) in [5, 5.41) is 7.51. The summed E-state index contributed by atoms with van der Waals surface area (Å²) in [4.78, 5) is 23.1. The predicted octanol–water partition coefficient (Wildman–Crippen LogP) is 4.06. The van der Waals surface area contributed by atoms with E-state index in [0.717, 1.165) is 31.2 Å². The van der Waals surface area contributed by atoms with Crippen LogP contribution < -0.4 is 24.9 Å². The first-order valence-electron chi connectivity index (χ1n) is 11.1. The number of nitrogens with one attached hydrogen (secondary N) is 2. The van der Waals surface area contributed by atoms with E-state index in [0.29, 0.717) is 11.7 Å². The zero-order valence-corrected chi connectivity index (χ0v) is 20.8. The van der Waals surface area contributed by atoms with Crippen molar-refractivity contribution in [1.29, 1.82) is 0 Å². The Morgan fingerprint density at radius 1 is 0.767 bits per heavy atom. The monoisotopic (exact) mass is 434 g/mol. The third kappa shape index (κ3) is 5.75. The SMILES string of the molecule is CC1(C)CC(c2cccc(OP([O-])[O-])c2C2CC(C)(C)NC(C)(C)C2)CC(C)(C)N1. The van der Waals surface area contributed by atoms with Crippen molar-refractivity contribution >= 4 is 8.60 Å². The molecule has 0 bridgehead atoms. The van der Waals surface area contributed by atoms with E-state index in [1.165, 1.54) is 5.56 Å². The molecule has 0 unspecified atom stereocenters. The lowest BCUT2D eigenvalue weighted by molar-refractivity contribution is -0.310. The average molecular weight is 435 g/mol. The summed E-state index contributed by atoms with van der Waals surface area (Å²) in [7, 11) is -2.96. The lowest BCUT2D eigenvalue weighted by Gasteiger charge is -2.49. The Morgan fingerprint density at radius 2 is 1.20 bits per heavy atom. The van der Waals surface area contributed by atoms with Crippen molar-refractivity contribution in [2.24, 2.45) is 0 Å². The molecule has 2 saturated heterocycles. The van der Waals surface area contributed by atoms with Crippen molar-refractivity contribution in [3.8, 4) is 5.75 Å². The van der Waals surface area contributed by atoms with E-state index in [1.807, 2.05) is 12.1 Å². The van der Waals surface area contributed by atoms with Gasteiger partial charge in [-0.05, 0) is 105 Å². The largest absolute Gasteiger partial charge is 0.810 e. The van der Waals surface area contributed by atoms with E-state index in [-0.39, 0.29) is 28.1 Å². The maximum atomic E-state index is 11.5. The summed E-state index contributed by atoms with van der Waals surface area (Å²) in [6.07, 6.45) is 3.90. The molecule has 0 spiro atoms. The minimum Gasteiger partial charge on any atom is -0.810 e. The van der Waals surface area contributed by atoms with Gasteiger partial charge in [-0.3, -0.25) is 0 Å². The minimum absolute atomic E-state index is 0.0108. The second kappa shape index (κ2) is 8.01. The van der Waals surface area contributed by atoms with Crippen LogP contribution in [0, 0.1) is 0 Å². The summed E-state index contributed by atoms with van der Waals surface area (Å²) in [5.74, 6) is 1.09. The Balaban J connectivity index is 2.10. The molecule has 6 heteroatoms. The van der Waals surface area contributed by atoms with Gasteiger partial charge in [0.25, 0.3) is 0 Å². The van der Waals surface area contributed by atoms with Crippen LogP contribution in [0.1, 0.15) is 104 Å². The molecule has 5 nitrogen and oxygen atoms in total. The standard InChI is InChI=1S/C24H39N2O3P/c1-21(2)12-16(13-22(3,4)25-21)18-10-9-11-19(29-30(27)28)20(18)17-14-23(5,6)26-24(7,8)15-17/h9-11,16-17,25-26H,12-15H2,1-8H3/q-2. The normalized spacial score (nSPS) is 26.0. The molecule has 2 aliphatic heterocycles. The van der Waals surface area contributed by atoms with Crippen LogP contribution >= 0.6 is 8.60 Å². The van der Waals surface area contributed by atoms with Crippen LogP contribution in [0.15, 0.2) is 18.2 Å². The van der Waals surface area contributed by atoms with Crippen LogP contribution in [-0.2, 0) is 0 Å². The van der Waals surface area contributed by atoms with Gasteiger partial charge < -0.3 is 24.9 Å². The molecule has 0 aliphatic carbocycles. The van der Waals surface area contributed by atoms with Gasteiger partial charge in [0.2, 0.25) is 0 Å². The van der Waals surface area contributed by atoms with Gasteiger partial charge in [-0.15, -0.1) is 0 Å². The first kappa shape index (κ1) is 23.9. The number of rotatable bonds is 4. The molecule has 2 N–H and O–H groups in total. The van der Waals surface area contributed by atoms with E-state index in [2.05, 4.69) is 72.1 Å². The van der Waals surface area contributed by atoms with Crippen LogP contribution in [0.4, 0.5) is 0 Å². The van der Waals surface area contributed by atoms with Crippen molar-refractivity contribution in [1.82, 2.24) is 10.6 Å². The molecule has 1 aromatic rings. The van der Waals surface area contributed by atoms with E-state index >= 15 is 0 Å². The van der Waals surface area contributed by atoms with Crippen molar-refractivity contribution in [2.75, 3.05) is 0 Å². The van der Waals surface area contributed by atoms with Gasteiger partial charge in [0.05, 0.1) is 0 Å². The van der Waals surface area contributed by atoms with E-state index in [9.17, 15) is 9.79 Å². The minimum atomic E-state index is -2.96. The molecule has 2 aliphatic rings. The van der Waals surface area contributed by atoms with Crippen molar-refractivity contribution in [2.45, 2.75) is 115 Å². The number of hydrogen-bond donors (Lipinski definition) is 2.